The van der Waals surface area contributed by atoms with Crippen LogP contribution in [0.15, 0.2) is 24.3 Å². The molecule has 2 unspecified atom stereocenters. The summed E-state index contributed by atoms with van der Waals surface area (Å²) in [4.78, 5) is 24.5. The lowest BCUT2D eigenvalue weighted by atomic mass is 10.0. The molecule has 0 aliphatic heterocycles. The van der Waals surface area contributed by atoms with E-state index in [1.54, 1.807) is 6.08 Å². The van der Waals surface area contributed by atoms with Gasteiger partial charge in [0, 0.05) is 12.8 Å². The third-order valence-corrected chi connectivity index (χ3v) is 16.5. The van der Waals surface area contributed by atoms with Gasteiger partial charge in [-0.15, -0.1) is 0 Å². The van der Waals surface area contributed by atoms with Gasteiger partial charge in [0.05, 0.1) is 25.4 Å². The van der Waals surface area contributed by atoms with Gasteiger partial charge in [-0.2, -0.15) is 0 Å². The van der Waals surface area contributed by atoms with Crippen molar-refractivity contribution in [2.45, 2.75) is 405 Å². The van der Waals surface area contributed by atoms with E-state index in [1.165, 1.54) is 327 Å². The van der Waals surface area contributed by atoms with Gasteiger partial charge in [0.1, 0.15) is 0 Å². The maximum Gasteiger partial charge on any atom is 0.305 e. The standard InChI is InChI=1S/C71H137NO5/c1-3-5-7-9-11-13-15-16-40-44-47-51-55-59-63-69(74)68(67-73)72-70(75)64-60-56-52-48-45-41-38-36-34-32-30-28-26-24-22-20-18-17-19-21-23-25-27-29-31-33-35-37-39-42-46-50-54-58-62-66-77-71(76)65-61-57-53-49-43-14-12-10-8-6-4-2/h19,21,59,63,68-69,73-74H,3-18,20,22-58,60-62,64-67H2,1-2H3,(H,72,75)/b21-19-,63-59+. The molecule has 456 valence electrons. The molecule has 77 heavy (non-hydrogen) atoms. The van der Waals surface area contributed by atoms with E-state index in [-0.39, 0.29) is 18.5 Å². The number of aliphatic hydroxyl groups excluding tert-OH is 2. The first kappa shape index (κ1) is 75.3. The van der Waals surface area contributed by atoms with Gasteiger partial charge in [0.15, 0.2) is 0 Å². The van der Waals surface area contributed by atoms with E-state index < -0.39 is 12.1 Å². The highest BCUT2D eigenvalue weighted by atomic mass is 16.5. The number of unbranched alkanes of at least 4 members (excludes halogenated alkanes) is 53. The number of hydrogen-bond donors (Lipinski definition) is 3. The van der Waals surface area contributed by atoms with Crippen LogP contribution < -0.4 is 5.32 Å². The van der Waals surface area contributed by atoms with Crippen LogP contribution in [0.1, 0.15) is 393 Å². The van der Waals surface area contributed by atoms with Crippen molar-refractivity contribution in [3.8, 4) is 0 Å². The van der Waals surface area contributed by atoms with Crippen molar-refractivity contribution < 1.29 is 24.5 Å². The molecule has 0 spiro atoms. The summed E-state index contributed by atoms with van der Waals surface area (Å²) in [6, 6.07) is -0.624. The van der Waals surface area contributed by atoms with Gasteiger partial charge >= 0.3 is 5.97 Å². The van der Waals surface area contributed by atoms with Crippen LogP contribution in [0.5, 0.6) is 0 Å². The SMILES string of the molecule is CCCCCCCCCCCCCC/C=C/C(O)C(CO)NC(=O)CCCCCCCCCCCCCCCCCCC/C=C\CCCCCCCCCCCCCCCCOC(=O)CCCCCCCCCCCCC. The normalized spacial score (nSPS) is 12.6. The van der Waals surface area contributed by atoms with Gasteiger partial charge in [-0.1, -0.05) is 346 Å². The quantitative estimate of drug-likeness (QED) is 0.0320. The van der Waals surface area contributed by atoms with E-state index in [0.29, 0.717) is 19.4 Å². The van der Waals surface area contributed by atoms with Gasteiger partial charge < -0.3 is 20.3 Å². The minimum atomic E-state index is -0.841. The first-order valence-corrected chi connectivity index (χ1v) is 35.1. The topological polar surface area (TPSA) is 95.9 Å². The van der Waals surface area contributed by atoms with E-state index in [9.17, 15) is 19.8 Å². The lowest BCUT2D eigenvalue weighted by Crippen LogP contribution is -2.45. The number of aliphatic hydroxyl groups is 2. The summed E-state index contributed by atoms with van der Waals surface area (Å²) in [7, 11) is 0. The van der Waals surface area contributed by atoms with Crippen LogP contribution in [-0.4, -0.2) is 47.4 Å². The highest BCUT2D eigenvalue weighted by Gasteiger charge is 2.18. The van der Waals surface area contributed by atoms with Crippen molar-refractivity contribution in [3.05, 3.63) is 24.3 Å². The van der Waals surface area contributed by atoms with Crippen LogP contribution in [0, 0.1) is 0 Å². The average molecular weight is 1080 g/mol. The van der Waals surface area contributed by atoms with E-state index in [2.05, 4.69) is 31.3 Å². The molecule has 6 heteroatoms. The molecule has 6 nitrogen and oxygen atoms in total. The Kier molecular flexibility index (Phi) is 65.4. The number of carbonyl (C=O) groups excluding carboxylic acids is 2. The summed E-state index contributed by atoms with van der Waals surface area (Å²) in [6.07, 6.45) is 84.1. The van der Waals surface area contributed by atoms with Crippen molar-refractivity contribution in [2.24, 2.45) is 0 Å². The van der Waals surface area contributed by atoms with Crippen LogP contribution >= 0.6 is 0 Å². The highest BCUT2D eigenvalue weighted by molar-refractivity contribution is 5.76. The van der Waals surface area contributed by atoms with Gasteiger partial charge in [-0.3, -0.25) is 9.59 Å². The summed E-state index contributed by atoms with van der Waals surface area (Å²) < 4.78 is 5.48. The summed E-state index contributed by atoms with van der Waals surface area (Å²) in [5.41, 5.74) is 0. The Morgan fingerprint density at radius 1 is 0.351 bits per heavy atom. The van der Waals surface area contributed by atoms with Crippen LogP contribution in [-0.2, 0) is 14.3 Å². The molecule has 0 bridgehead atoms. The maximum atomic E-state index is 12.5. The summed E-state index contributed by atoms with van der Waals surface area (Å²) in [5.74, 6) is -0.0422. The monoisotopic (exact) mass is 1080 g/mol. The van der Waals surface area contributed by atoms with Gasteiger partial charge in [0.2, 0.25) is 5.91 Å². The van der Waals surface area contributed by atoms with Crippen LogP contribution in [0.2, 0.25) is 0 Å². The van der Waals surface area contributed by atoms with Gasteiger partial charge in [-0.05, 0) is 57.8 Å². The second kappa shape index (κ2) is 66.8. The summed E-state index contributed by atoms with van der Waals surface area (Å²) in [6.45, 7) is 4.93. The fourth-order valence-electron chi connectivity index (χ4n) is 11.1. The lowest BCUT2D eigenvalue weighted by molar-refractivity contribution is -0.143. The fraction of sp³-hybridized carbons (Fsp3) is 0.915. The first-order chi connectivity index (χ1) is 38.0. The largest absolute Gasteiger partial charge is 0.466 e. The van der Waals surface area contributed by atoms with Crippen molar-refractivity contribution in [1.29, 1.82) is 0 Å². The second-order valence-electron chi connectivity index (χ2n) is 24.2. The zero-order valence-electron chi connectivity index (χ0n) is 52.2. The Morgan fingerprint density at radius 3 is 0.922 bits per heavy atom. The Bertz CT molecular complexity index is 1200. The number of amides is 1. The third-order valence-electron chi connectivity index (χ3n) is 16.5. The molecule has 0 radical (unpaired) electrons. The summed E-state index contributed by atoms with van der Waals surface area (Å²) in [5, 5.41) is 23.1. The molecule has 0 aliphatic rings. The molecule has 0 aromatic rings. The van der Waals surface area contributed by atoms with Gasteiger partial charge in [-0.25, -0.2) is 0 Å². The number of nitrogens with one attached hydrogen (secondary N) is 1. The van der Waals surface area contributed by atoms with E-state index >= 15 is 0 Å². The highest BCUT2D eigenvalue weighted by Crippen LogP contribution is 2.19. The predicted molar refractivity (Wildman–Crippen MR) is 338 cm³/mol. The Hall–Kier alpha value is -1.66. The molecule has 0 saturated carbocycles. The van der Waals surface area contributed by atoms with Crippen molar-refractivity contribution in [1.82, 2.24) is 5.32 Å². The van der Waals surface area contributed by atoms with Crippen molar-refractivity contribution in [3.63, 3.8) is 0 Å². The minimum absolute atomic E-state index is 0.0201. The molecule has 0 rings (SSSR count). The molecular weight excluding hydrogens is 947 g/mol. The van der Waals surface area contributed by atoms with Gasteiger partial charge in [0.25, 0.3) is 0 Å². The van der Waals surface area contributed by atoms with E-state index in [4.69, 9.17) is 4.74 Å². The third kappa shape index (κ3) is 63.4. The number of esters is 1. The molecule has 0 saturated heterocycles. The second-order valence-corrected chi connectivity index (χ2v) is 24.2. The zero-order chi connectivity index (χ0) is 55.7. The molecule has 0 aliphatic carbocycles. The average Bonchev–Trinajstić information content (AvgIpc) is 3.43. The zero-order valence-corrected chi connectivity index (χ0v) is 52.2. The van der Waals surface area contributed by atoms with Crippen LogP contribution in [0.3, 0.4) is 0 Å². The Labute approximate surface area is 481 Å². The lowest BCUT2D eigenvalue weighted by Gasteiger charge is -2.20. The number of allylic oxidation sites excluding steroid dienone is 3. The van der Waals surface area contributed by atoms with Crippen LogP contribution in [0.4, 0.5) is 0 Å². The Morgan fingerprint density at radius 2 is 0.610 bits per heavy atom. The fourth-order valence-corrected chi connectivity index (χ4v) is 11.1. The predicted octanol–water partition coefficient (Wildman–Crippen LogP) is 22.5. The number of rotatable bonds is 66. The molecular formula is C71H137NO5. The first-order valence-electron chi connectivity index (χ1n) is 35.1. The van der Waals surface area contributed by atoms with Crippen molar-refractivity contribution >= 4 is 11.9 Å². The smallest absolute Gasteiger partial charge is 0.305 e. The Balaban J connectivity index is 3.34. The molecule has 3 N–H and O–H groups in total. The molecule has 0 fully saturated rings. The van der Waals surface area contributed by atoms with E-state index in [0.717, 1.165) is 38.5 Å². The molecule has 1 amide bonds. The molecule has 2 atom stereocenters. The minimum Gasteiger partial charge on any atom is -0.466 e. The van der Waals surface area contributed by atoms with Crippen LogP contribution in [0.25, 0.3) is 0 Å². The molecule has 0 aromatic heterocycles. The summed E-state index contributed by atoms with van der Waals surface area (Å²) >= 11 is 0. The molecule has 0 heterocycles. The number of carbonyl (C=O) groups is 2. The molecule has 0 aromatic carbocycles. The number of hydrogen-bond acceptors (Lipinski definition) is 5. The maximum absolute atomic E-state index is 12.5. The number of ether oxygens (including phenoxy) is 1. The van der Waals surface area contributed by atoms with Crippen molar-refractivity contribution in [2.75, 3.05) is 13.2 Å². The van der Waals surface area contributed by atoms with E-state index in [1.807, 2.05) is 6.08 Å².